The van der Waals surface area contributed by atoms with Gasteiger partial charge in [-0.25, -0.2) is 0 Å². The van der Waals surface area contributed by atoms with Crippen molar-refractivity contribution in [2.24, 2.45) is 16.5 Å². The Balaban J connectivity index is 0.00000507. The first-order valence-electron chi connectivity index (χ1n) is 11.4. The Hall–Kier alpha value is -4.23. The number of ether oxygens (including phenoxy) is 4. The zero-order chi connectivity index (χ0) is 26.9. The Morgan fingerprint density at radius 3 is 2.13 bits per heavy atom. The van der Waals surface area contributed by atoms with Crippen LogP contribution in [0.2, 0.25) is 0 Å². The molecule has 0 bridgehead atoms. The summed E-state index contributed by atoms with van der Waals surface area (Å²) in [4.78, 5) is 16.7. The minimum Gasteiger partial charge on any atom is -1.00 e. The molecule has 0 aliphatic carbocycles. The first-order valence-corrected chi connectivity index (χ1v) is 11.4. The first-order chi connectivity index (χ1) is 17.8. The number of halogens is 1. The molecule has 1 heterocycles. The van der Waals surface area contributed by atoms with Crippen LogP contribution in [0.1, 0.15) is 12.8 Å². The van der Waals surface area contributed by atoms with Gasteiger partial charge in [0, 0.05) is 24.1 Å². The average molecular weight is 549 g/mol. The average Bonchev–Trinajstić information content (AvgIpc) is 3.40. The van der Waals surface area contributed by atoms with Crippen LogP contribution < -0.4 is 53.9 Å². The number of nitrogens with two attached hydrogens (primary N) is 2. The molecule has 0 aliphatic rings. The molecule has 0 saturated heterocycles. The molecule has 0 fully saturated rings. The third-order valence-electron chi connectivity index (χ3n) is 5.59. The Bertz CT molecular complexity index is 1240. The number of carbonyl (C=O) groups excluding carboxylic acids is 1. The Kier molecular flexibility index (Phi) is 11.0. The highest BCUT2D eigenvalue weighted by molar-refractivity contribution is 5.96. The van der Waals surface area contributed by atoms with E-state index in [4.69, 9.17) is 30.4 Å². The minimum absolute atomic E-state index is 0. The number of carbonyl (C=O) groups is 1. The molecule has 2 aromatic carbocycles. The molecular formula is C24H33ClN8O5. The molecule has 1 amide bonds. The molecule has 0 saturated carbocycles. The maximum atomic E-state index is 12.8. The highest BCUT2D eigenvalue weighted by atomic mass is 35.5. The highest BCUT2D eigenvalue weighted by Crippen LogP contribution is 2.42. The fourth-order valence-corrected chi connectivity index (χ4v) is 3.72. The van der Waals surface area contributed by atoms with E-state index in [1.807, 2.05) is 6.07 Å². The second-order valence-electron chi connectivity index (χ2n) is 7.98. The van der Waals surface area contributed by atoms with Crippen LogP contribution in [0.4, 0.5) is 5.69 Å². The lowest BCUT2D eigenvalue weighted by Gasteiger charge is -2.15. The van der Waals surface area contributed by atoms with Gasteiger partial charge in [0.15, 0.2) is 23.5 Å². The van der Waals surface area contributed by atoms with Gasteiger partial charge in [0.2, 0.25) is 5.75 Å². The Morgan fingerprint density at radius 2 is 1.58 bits per heavy atom. The number of anilines is 1. The molecular weight excluding hydrogens is 516 g/mol. The summed E-state index contributed by atoms with van der Waals surface area (Å²) in [5.41, 5.74) is 17.6. The van der Waals surface area contributed by atoms with Crippen LogP contribution in [0.25, 0.3) is 22.5 Å². The van der Waals surface area contributed by atoms with Crippen molar-refractivity contribution in [2.45, 2.75) is 18.9 Å². The fraction of sp³-hybridized carbons (Fsp3) is 0.333. The zero-order valence-electron chi connectivity index (χ0n) is 21.7. The van der Waals surface area contributed by atoms with E-state index >= 15 is 0 Å². The van der Waals surface area contributed by atoms with Crippen molar-refractivity contribution in [3.63, 3.8) is 0 Å². The molecule has 3 aromatic rings. The van der Waals surface area contributed by atoms with E-state index in [1.54, 1.807) is 38.5 Å². The van der Waals surface area contributed by atoms with Crippen molar-refractivity contribution in [3.8, 4) is 45.5 Å². The summed E-state index contributed by atoms with van der Waals surface area (Å²) < 4.78 is 21.8. The summed E-state index contributed by atoms with van der Waals surface area (Å²) >= 11 is 0. The second-order valence-corrected chi connectivity index (χ2v) is 7.98. The largest absolute Gasteiger partial charge is 1.00 e. The molecule has 0 spiro atoms. The predicted molar refractivity (Wildman–Crippen MR) is 139 cm³/mol. The van der Waals surface area contributed by atoms with Gasteiger partial charge in [-0.05, 0) is 36.8 Å². The monoisotopic (exact) mass is 548 g/mol. The minimum atomic E-state index is -0.510. The smallest absolute Gasteiger partial charge is 0.282 e. The molecule has 3 rings (SSSR count). The van der Waals surface area contributed by atoms with Crippen LogP contribution in [-0.4, -0.2) is 68.3 Å². The number of hydrogen-bond donors (Lipinski definition) is 5. The Morgan fingerprint density at radius 1 is 0.974 bits per heavy atom. The third kappa shape index (κ3) is 6.95. The van der Waals surface area contributed by atoms with Crippen LogP contribution in [0, 0.1) is 0 Å². The molecule has 206 valence electrons. The molecule has 0 aliphatic heterocycles. The summed E-state index contributed by atoms with van der Waals surface area (Å²) in [6, 6.07) is 8.39. The summed E-state index contributed by atoms with van der Waals surface area (Å²) in [7, 11) is 6.15. The number of H-pyrrole nitrogens is 1. The summed E-state index contributed by atoms with van der Waals surface area (Å²) in [5, 5.41) is 14.3. The van der Waals surface area contributed by atoms with Gasteiger partial charge in [-0.1, -0.05) is 0 Å². The lowest BCUT2D eigenvalue weighted by atomic mass is 10.0. The van der Waals surface area contributed by atoms with E-state index in [-0.39, 0.29) is 24.3 Å². The van der Waals surface area contributed by atoms with E-state index in [0.717, 1.165) is 0 Å². The molecule has 1 unspecified atom stereocenters. The van der Waals surface area contributed by atoms with Gasteiger partial charge in [-0.3, -0.25) is 9.79 Å². The predicted octanol–water partition coefficient (Wildman–Crippen LogP) is -2.22. The van der Waals surface area contributed by atoms with Gasteiger partial charge in [0.1, 0.15) is 17.1 Å². The van der Waals surface area contributed by atoms with Gasteiger partial charge in [0.25, 0.3) is 5.91 Å². The number of hydrogen-bond acceptors (Lipinski definition) is 8. The van der Waals surface area contributed by atoms with Crippen LogP contribution in [0.3, 0.4) is 0 Å². The van der Waals surface area contributed by atoms with Crippen LogP contribution in [-0.2, 0) is 4.79 Å². The summed E-state index contributed by atoms with van der Waals surface area (Å²) in [6.07, 6.45) is 1.13. The first kappa shape index (κ1) is 30.0. The van der Waals surface area contributed by atoms with Crippen LogP contribution >= 0.6 is 0 Å². The lowest BCUT2D eigenvalue weighted by Crippen LogP contribution is -3.00. The lowest BCUT2D eigenvalue weighted by molar-refractivity contribution is -0.403. The van der Waals surface area contributed by atoms with Crippen molar-refractivity contribution in [2.75, 3.05) is 40.3 Å². The van der Waals surface area contributed by atoms with Crippen molar-refractivity contribution in [1.29, 1.82) is 0 Å². The zero-order valence-corrected chi connectivity index (χ0v) is 22.5. The van der Waals surface area contributed by atoms with Crippen molar-refractivity contribution >= 4 is 17.6 Å². The van der Waals surface area contributed by atoms with E-state index in [1.165, 1.54) is 14.2 Å². The number of guanidine groups is 1. The molecule has 38 heavy (non-hydrogen) atoms. The van der Waals surface area contributed by atoms with Crippen molar-refractivity contribution in [3.05, 3.63) is 30.3 Å². The number of quaternary nitrogens is 1. The van der Waals surface area contributed by atoms with E-state index in [2.05, 4.69) is 31.5 Å². The highest BCUT2D eigenvalue weighted by Gasteiger charge is 2.22. The number of aliphatic imine (C=N–C) groups is 1. The summed E-state index contributed by atoms with van der Waals surface area (Å²) in [5.74, 6) is 1.68. The van der Waals surface area contributed by atoms with E-state index < -0.39 is 6.04 Å². The quantitative estimate of drug-likeness (QED) is 0.0944. The van der Waals surface area contributed by atoms with Gasteiger partial charge < -0.3 is 53.9 Å². The van der Waals surface area contributed by atoms with Gasteiger partial charge >= 0.3 is 0 Å². The standard InChI is InChI=1S/C24H32N8O5.ClH/c1-34-17-8-7-13(10-16(17)29-23(33)15(25)6-5-9-28-24(26)27)20-21(31-32-30-20)14-11-18(35-2)22(37-4)19(12-14)36-3;/h7-8,10-12,15H,5-6,9,25H2,1-4H3,(H,29,33)(H4,26,27,28)(H,30,31,32);1H. The van der Waals surface area contributed by atoms with Crippen molar-refractivity contribution in [1.82, 2.24) is 15.4 Å². The number of aromatic amines is 1. The van der Waals surface area contributed by atoms with Crippen LogP contribution in [0.5, 0.6) is 23.0 Å². The molecule has 9 N–H and O–H groups in total. The third-order valence-corrected chi connectivity index (χ3v) is 5.59. The number of amides is 1. The normalized spacial score (nSPS) is 11.1. The SMILES string of the molecule is COc1ccc(-c2n[nH]nc2-c2cc(OC)c(OC)c(OC)c2)cc1NC(=O)C([NH3+])CCCN=C(N)N.[Cl-]. The number of nitrogens with zero attached hydrogens (tertiary/aromatic N) is 3. The molecule has 0 radical (unpaired) electrons. The van der Waals surface area contributed by atoms with Gasteiger partial charge in [0.05, 0.1) is 34.1 Å². The Labute approximate surface area is 226 Å². The summed E-state index contributed by atoms with van der Waals surface area (Å²) in [6.45, 7) is 0.427. The number of methoxy groups -OCH3 is 4. The van der Waals surface area contributed by atoms with Crippen LogP contribution in [0.15, 0.2) is 35.3 Å². The number of aromatic nitrogens is 3. The van der Waals surface area contributed by atoms with Gasteiger partial charge in [-0.2, -0.15) is 15.4 Å². The maximum Gasteiger partial charge on any atom is 0.282 e. The number of nitrogens with one attached hydrogen (secondary N) is 2. The molecule has 1 aromatic heterocycles. The second kappa shape index (κ2) is 13.9. The molecule has 14 heteroatoms. The number of benzene rings is 2. The fourth-order valence-electron chi connectivity index (χ4n) is 3.72. The number of rotatable bonds is 12. The van der Waals surface area contributed by atoms with E-state index in [0.29, 0.717) is 70.6 Å². The van der Waals surface area contributed by atoms with Crippen molar-refractivity contribution < 1.29 is 41.9 Å². The van der Waals surface area contributed by atoms with Gasteiger partial charge in [-0.15, -0.1) is 0 Å². The molecule has 13 nitrogen and oxygen atoms in total. The topological polar surface area (TPSA) is 200 Å². The molecule has 1 atom stereocenters. The maximum absolute atomic E-state index is 12.8. The van der Waals surface area contributed by atoms with E-state index in [9.17, 15) is 4.79 Å².